The fraction of sp³-hybridized carbons (Fsp3) is 0.667. The van der Waals surface area contributed by atoms with Crippen LogP contribution in [0.4, 0.5) is 0 Å². The summed E-state index contributed by atoms with van der Waals surface area (Å²) < 4.78 is 0. The standard InChI is InChI=1S/C72H116N18O20S/c1-35(2)27-46(81-62(99)44(19-13-14-24-73)79-66(103)52-21-16-26-90(52)71(108)48(28-36(3)4)83-64(101)50(34-111)85-69(106)58(38(7)8)88-67(104)56(75)39(9)92)63(100)87-57(37(5)6)68(105)80-45(22-23-53(74)94)60(97)77-31-54(95)86-59(40(10)93)70(107)82-47(29-41-30-76-43-18-12-11-17-42(41)43)61(98)78-32-55(96)89-25-15-20-51(89)65(102)84-49(33-91)72(109)110/h11-12,17-18,30,35-40,44-52,56-59,76,91-93,111H,13-16,19-29,31-34,73,75H2,1-10H3,(H2,74,94)(H,77,97)(H,78,98)(H,79,103)(H,80,105)(H,81,99)(H,82,107)(H,83,101)(H,84,102)(H,85,106)(H,86,95)(H,87,100)(H,88,104)(H,109,110)/t39-,40-,44+,45+,46+,47+,48+,49+,50+,51+,52+,56+,57+,58+,59+/m1/s1. The number of carboxylic acid groups (broad SMARTS) is 1. The van der Waals surface area contributed by atoms with Gasteiger partial charge in [-0.2, -0.15) is 12.6 Å². The Balaban J connectivity index is 1.48. The molecule has 0 bridgehead atoms. The molecule has 0 radical (unpaired) electrons. The first kappa shape index (κ1) is 93.8. The molecule has 1 aromatic heterocycles. The first-order chi connectivity index (χ1) is 52.2. The number of aliphatic carboxylic acids is 1. The average Bonchev–Trinajstić information content (AvgIpc) is 1.71. The Bertz CT molecular complexity index is 3580. The summed E-state index contributed by atoms with van der Waals surface area (Å²) in [5.41, 5.74) is 18.3. The van der Waals surface area contributed by atoms with Gasteiger partial charge in [-0.1, -0.05) is 73.6 Å². The predicted molar refractivity (Wildman–Crippen MR) is 407 cm³/mol. The number of hydrogen-bond acceptors (Lipinski definition) is 22. The number of unbranched alkanes of at least 4 members (excludes halogenated alkanes) is 1. The quantitative estimate of drug-likeness (QED) is 0.0217. The molecule has 3 heterocycles. The van der Waals surface area contributed by atoms with Crippen LogP contribution in [-0.4, -0.2) is 266 Å². The maximum atomic E-state index is 14.6. The number of amides is 15. The van der Waals surface area contributed by atoms with Gasteiger partial charge in [-0.25, -0.2) is 4.79 Å². The number of fused-ring (bicyclic) bond motifs is 1. The van der Waals surface area contributed by atoms with E-state index >= 15 is 0 Å². The summed E-state index contributed by atoms with van der Waals surface area (Å²) in [7, 11) is 0. The first-order valence-electron chi connectivity index (χ1n) is 37.5. The Kier molecular flexibility index (Phi) is 38.6. The third-order valence-corrected chi connectivity index (χ3v) is 19.2. The molecule has 2 fully saturated rings. The molecule has 0 saturated carbocycles. The van der Waals surface area contributed by atoms with E-state index in [-0.39, 0.29) is 75.7 Å². The average molecular weight is 1590 g/mol. The van der Waals surface area contributed by atoms with E-state index in [4.69, 9.17) is 17.2 Å². The largest absolute Gasteiger partial charge is 0.480 e. The van der Waals surface area contributed by atoms with Crippen molar-refractivity contribution in [2.75, 3.05) is 45.1 Å². The fourth-order valence-electron chi connectivity index (χ4n) is 12.6. The van der Waals surface area contributed by atoms with Gasteiger partial charge in [0.2, 0.25) is 88.6 Å². The number of aliphatic hydroxyl groups is 3. The molecule has 111 heavy (non-hydrogen) atoms. The van der Waals surface area contributed by atoms with E-state index in [0.717, 1.165) is 11.8 Å². The molecule has 2 saturated heterocycles. The molecule has 15 atom stereocenters. The summed E-state index contributed by atoms with van der Waals surface area (Å²) in [6, 6.07) is -11.0. The number of thiol groups is 1. The molecule has 38 nitrogen and oxygen atoms in total. The van der Waals surface area contributed by atoms with Crippen LogP contribution in [0.15, 0.2) is 30.5 Å². The topological polar surface area (TPSA) is 599 Å². The highest BCUT2D eigenvalue weighted by atomic mass is 32.1. The Morgan fingerprint density at radius 2 is 1.03 bits per heavy atom. The molecule has 39 heteroatoms. The monoisotopic (exact) mass is 1580 g/mol. The van der Waals surface area contributed by atoms with Crippen molar-refractivity contribution in [1.29, 1.82) is 0 Å². The summed E-state index contributed by atoms with van der Waals surface area (Å²) in [6.07, 6.45) is -0.539. The number of aromatic nitrogens is 1. The van der Waals surface area contributed by atoms with E-state index < -0.39 is 230 Å². The van der Waals surface area contributed by atoms with Crippen molar-refractivity contribution in [1.82, 2.24) is 78.6 Å². The van der Waals surface area contributed by atoms with Crippen LogP contribution in [0.1, 0.15) is 145 Å². The van der Waals surface area contributed by atoms with E-state index in [1.807, 2.05) is 13.8 Å². The van der Waals surface area contributed by atoms with Crippen LogP contribution >= 0.6 is 12.6 Å². The second kappa shape index (κ2) is 45.7. The highest BCUT2D eigenvalue weighted by molar-refractivity contribution is 7.80. The molecule has 15 amide bonds. The number of carboxylic acids is 1. The lowest BCUT2D eigenvalue weighted by molar-refractivity contribution is -0.145. The zero-order valence-corrected chi connectivity index (χ0v) is 65.6. The normalized spacial score (nSPS) is 17.7. The van der Waals surface area contributed by atoms with Crippen molar-refractivity contribution in [3.8, 4) is 0 Å². The van der Waals surface area contributed by atoms with Gasteiger partial charge in [0.1, 0.15) is 78.5 Å². The molecule has 4 rings (SSSR count). The van der Waals surface area contributed by atoms with Crippen molar-refractivity contribution in [3.63, 3.8) is 0 Å². The summed E-state index contributed by atoms with van der Waals surface area (Å²) >= 11 is 4.29. The lowest BCUT2D eigenvalue weighted by atomic mass is 9.98. The number of benzene rings is 1. The van der Waals surface area contributed by atoms with Gasteiger partial charge in [0, 0.05) is 48.8 Å². The Hall–Kier alpha value is -9.57. The van der Waals surface area contributed by atoms with Crippen LogP contribution in [-0.2, 0) is 83.1 Å². The van der Waals surface area contributed by atoms with E-state index in [1.165, 1.54) is 11.8 Å². The van der Waals surface area contributed by atoms with Crippen LogP contribution < -0.4 is 81.0 Å². The summed E-state index contributed by atoms with van der Waals surface area (Å²) in [5, 5.41) is 70.5. The van der Waals surface area contributed by atoms with Gasteiger partial charge < -0.3 is 116 Å². The fourth-order valence-corrected chi connectivity index (χ4v) is 12.9. The van der Waals surface area contributed by atoms with Gasteiger partial charge in [0.15, 0.2) is 0 Å². The number of aromatic amines is 1. The van der Waals surface area contributed by atoms with Crippen LogP contribution in [0.5, 0.6) is 0 Å². The lowest BCUT2D eigenvalue weighted by Gasteiger charge is -2.32. The number of likely N-dealkylation sites (tertiary alicyclic amines) is 2. The second-order valence-corrected chi connectivity index (χ2v) is 30.0. The van der Waals surface area contributed by atoms with Crippen molar-refractivity contribution in [2.24, 2.45) is 40.9 Å². The number of rotatable bonds is 46. The zero-order chi connectivity index (χ0) is 83.3. The number of primary amides is 1. The third kappa shape index (κ3) is 29.2. The van der Waals surface area contributed by atoms with Crippen LogP contribution in [0.3, 0.4) is 0 Å². The minimum absolute atomic E-state index is 0.00309. The molecule has 2 aliphatic heterocycles. The SMILES string of the molecule is CC(C)C[C@H](NC(=O)[C@H](CCCCN)NC(=O)[C@@H]1CCCN1C(=O)[C@H](CC(C)C)NC(=O)[C@H](CS)NC(=O)[C@@H](NC(=O)[C@@H](N)[C@@H](C)O)C(C)C)C(=O)N[C@H](C(=O)N[C@@H](CCC(N)=O)C(=O)NCC(=O)N[C@H](C(=O)N[C@@H](Cc1c[nH]c2ccccc12)C(=O)NCC(=O)N1CCC[C@H]1C(=O)N[C@@H](CO)C(=O)O)[C@@H](C)O)C(C)C. The Morgan fingerprint density at radius 3 is 1.58 bits per heavy atom. The molecule has 620 valence electrons. The van der Waals surface area contributed by atoms with Crippen molar-refractivity contribution in [3.05, 3.63) is 36.0 Å². The molecule has 0 aliphatic carbocycles. The van der Waals surface area contributed by atoms with Crippen LogP contribution in [0.2, 0.25) is 0 Å². The van der Waals surface area contributed by atoms with Gasteiger partial charge in [-0.15, -0.1) is 0 Å². The lowest BCUT2D eigenvalue weighted by Crippen LogP contribution is -2.61. The maximum absolute atomic E-state index is 14.6. The summed E-state index contributed by atoms with van der Waals surface area (Å²) in [5.74, 6) is -16.3. The van der Waals surface area contributed by atoms with Gasteiger partial charge in [-0.3, -0.25) is 71.9 Å². The molecule has 1 aromatic carbocycles. The molecular weight excluding hydrogens is 1470 g/mol. The van der Waals surface area contributed by atoms with E-state index in [0.29, 0.717) is 42.1 Å². The van der Waals surface area contributed by atoms with Gasteiger partial charge in [0.25, 0.3) is 0 Å². The molecule has 23 N–H and O–H groups in total. The third-order valence-electron chi connectivity index (χ3n) is 18.8. The molecule has 0 spiro atoms. The number of hydrogen-bond donors (Lipinski definition) is 21. The number of nitrogens with two attached hydrogens (primary N) is 3. The van der Waals surface area contributed by atoms with Gasteiger partial charge in [0.05, 0.1) is 31.9 Å². The zero-order valence-electron chi connectivity index (χ0n) is 64.7. The van der Waals surface area contributed by atoms with Crippen molar-refractivity contribution < 1.29 is 97.1 Å². The number of carbonyl (C=O) groups excluding carboxylic acids is 15. The number of H-pyrrole nitrogens is 1. The number of nitrogens with one attached hydrogen (secondary N) is 13. The summed E-state index contributed by atoms with van der Waals surface area (Å²) in [6.45, 7) is 13.9. The molecular formula is C72H116N18O20S. The minimum atomic E-state index is -1.81. The highest BCUT2D eigenvalue weighted by Gasteiger charge is 2.43. The van der Waals surface area contributed by atoms with E-state index in [9.17, 15) is 97.1 Å². The summed E-state index contributed by atoms with van der Waals surface area (Å²) in [4.78, 5) is 224. The molecule has 0 unspecified atom stereocenters. The maximum Gasteiger partial charge on any atom is 0.328 e. The molecule has 2 aromatic rings. The molecule has 2 aliphatic rings. The first-order valence-corrected chi connectivity index (χ1v) is 38.2. The number of nitrogens with zero attached hydrogens (tertiary/aromatic N) is 2. The Labute approximate surface area is 650 Å². The van der Waals surface area contributed by atoms with E-state index in [1.54, 1.807) is 72.0 Å². The van der Waals surface area contributed by atoms with Gasteiger partial charge >= 0.3 is 5.97 Å². The number of carbonyl (C=O) groups is 16. The van der Waals surface area contributed by atoms with Crippen LogP contribution in [0, 0.1) is 23.7 Å². The highest BCUT2D eigenvalue weighted by Crippen LogP contribution is 2.24. The number of para-hydroxylation sites is 1. The smallest absolute Gasteiger partial charge is 0.328 e. The van der Waals surface area contributed by atoms with Crippen molar-refractivity contribution >= 4 is 118 Å². The number of aliphatic hydroxyl groups excluding tert-OH is 3. The van der Waals surface area contributed by atoms with Crippen molar-refractivity contribution in [2.45, 2.75) is 237 Å². The van der Waals surface area contributed by atoms with Gasteiger partial charge in [-0.05, 0) is 120 Å². The van der Waals surface area contributed by atoms with E-state index in [2.05, 4.69) is 81.4 Å². The predicted octanol–water partition coefficient (Wildman–Crippen LogP) is -5.33. The Morgan fingerprint density at radius 1 is 0.541 bits per heavy atom. The second-order valence-electron chi connectivity index (χ2n) is 29.6. The minimum Gasteiger partial charge on any atom is -0.480 e. The van der Waals surface area contributed by atoms with Crippen LogP contribution in [0.25, 0.3) is 10.9 Å².